The van der Waals surface area contributed by atoms with Crippen molar-refractivity contribution in [3.8, 4) is 0 Å². The molecule has 0 aromatic heterocycles. The highest BCUT2D eigenvalue weighted by Crippen LogP contribution is 2.24. The van der Waals surface area contributed by atoms with Gasteiger partial charge in [-0.3, -0.25) is 4.79 Å². The van der Waals surface area contributed by atoms with Crippen molar-refractivity contribution in [1.82, 2.24) is 4.90 Å². The third-order valence-electron chi connectivity index (χ3n) is 3.03. The number of halogens is 3. The summed E-state index contributed by atoms with van der Waals surface area (Å²) in [6, 6.07) is 0. The van der Waals surface area contributed by atoms with Gasteiger partial charge in [0.25, 0.3) is 5.91 Å². The largest absolute Gasteiger partial charge is 0.479 e. The topological polar surface area (TPSA) is 66.8 Å². The molecule has 0 spiro atoms. The molecule has 0 saturated carbocycles. The molecule has 2 atom stereocenters. The summed E-state index contributed by atoms with van der Waals surface area (Å²) in [5, 5.41) is 8.75. The van der Waals surface area contributed by atoms with Crippen molar-refractivity contribution in [1.29, 1.82) is 0 Å². The highest BCUT2D eigenvalue weighted by Gasteiger charge is 2.40. The summed E-state index contributed by atoms with van der Waals surface area (Å²) in [6.07, 6.45) is -5.29. The van der Waals surface area contributed by atoms with E-state index in [1.165, 1.54) is 0 Å². The summed E-state index contributed by atoms with van der Waals surface area (Å²) in [5.74, 6) is -1.98. The Balaban J connectivity index is 2.65. The molecule has 1 fully saturated rings. The number of ether oxygens (including phenoxy) is 1. The Labute approximate surface area is 114 Å². The Morgan fingerprint density at radius 3 is 2.35 bits per heavy atom. The van der Waals surface area contributed by atoms with Gasteiger partial charge in [0.2, 0.25) is 0 Å². The third-order valence-corrected chi connectivity index (χ3v) is 3.03. The second-order valence-electron chi connectivity index (χ2n) is 4.76. The van der Waals surface area contributed by atoms with Crippen molar-refractivity contribution >= 4 is 11.9 Å². The van der Waals surface area contributed by atoms with Gasteiger partial charge in [0.05, 0.1) is 0 Å². The van der Waals surface area contributed by atoms with Gasteiger partial charge in [-0.05, 0) is 19.3 Å². The van der Waals surface area contributed by atoms with Gasteiger partial charge in [-0.15, -0.1) is 0 Å². The molecule has 1 amide bonds. The van der Waals surface area contributed by atoms with Crippen LogP contribution in [0.1, 0.15) is 32.6 Å². The summed E-state index contributed by atoms with van der Waals surface area (Å²) in [7, 11) is 0. The minimum Gasteiger partial charge on any atom is -0.479 e. The van der Waals surface area contributed by atoms with E-state index >= 15 is 0 Å². The number of carboxylic acids is 1. The van der Waals surface area contributed by atoms with E-state index in [4.69, 9.17) is 9.84 Å². The molecule has 1 saturated heterocycles. The van der Waals surface area contributed by atoms with E-state index in [0.29, 0.717) is 17.7 Å². The van der Waals surface area contributed by atoms with Crippen LogP contribution in [-0.2, 0) is 14.3 Å². The monoisotopic (exact) mass is 297 g/mol. The molecule has 0 unspecified atom stereocenters. The molecule has 0 radical (unpaired) electrons. The lowest BCUT2D eigenvalue weighted by Crippen LogP contribution is -2.45. The van der Waals surface area contributed by atoms with Crippen molar-refractivity contribution in [2.24, 2.45) is 0 Å². The maximum absolute atomic E-state index is 12.5. The summed E-state index contributed by atoms with van der Waals surface area (Å²) in [6.45, 7) is 0.471. The van der Waals surface area contributed by atoms with Gasteiger partial charge in [-0.1, -0.05) is 13.3 Å². The normalized spacial score (nSPS) is 22.8. The van der Waals surface area contributed by atoms with Gasteiger partial charge in [0.1, 0.15) is 12.6 Å². The number of alkyl halides is 3. The molecular formula is C12H18F3NO4. The molecular weight excluding hydrogens is 279 g/mol. The van der Waals surface area contributed by atoms with Crippen molar-refractivity contribution < 1.29 is 32.6 Å². The molecule has 1 aliphatic rings. The maximum atomic E-state index is 12.5. The van der Waals surface area contributed by atoms with Crippen LogP contribution in [0.4, 0.5) is 13.2 Å². The van der Waals surface area contributed by atoms with E-state index < -0.39 is 36.8 Å². The SMILES string of the molecule is CCCCN(CC(F)(F)F)C(=O)[C@@H]1CC[C@H](C(=O)O)O1. The molecule has 8 heteroatoms. The molecule has 0 aromatic rings. The van der Waals surface area contributed by atoms with Gasteiger partial charge in [0, 0.05) is 6.54 Å². The number of unbranched alkanes of at least 4 members (excludes halogenated alkanes) is 1. The van der Waals surface area contributed by atoms with Gasteiger partial charge >= 0.3 is 12.1 Å². The Kier molecular flexibility index (Phi) is 5.79. The fraction of sp³-hybridized carbons (Fsp3) is 0.833. The molecule has 1 aliphatic heterocycles. The molecule has 0 aromatic carbocycles. The molecule has 1 heterocycles. The number of hydrogen-bond donors (Lipinski definition) is 1. The molecule has 0 aliphatic carbocycles. The first-order chi connectivity index (χ1) is 9.24. The fourth-order valence-electron chi connectivity index (χ4n) is 2.04. The zero-order chi connectivity index (χ0) is 15.3. The molecule has 20 heavy (non-hydrogen) atoms. The third kappa shape index (κ3) is 4.99. The van der Waals surface area contributed by atoms with Crippen LogP contribution in [-0.4, -0.2) is 53.4 Å². The van der Waals surface area contributed by atoms with Crippen LogP contribution in [0.5, 0.6) is 0 Å². The minimum atomic E-state index is -4.48. The van der Waals surface area contributed by atoms with Crippen LogP contribution < -0.4 is 0 Å². The molecule has 116 valence electrons. The van der Waals surface area contributed by atoms with Gasteiger partial charge < -0.3 is 14.7 Å². The number of carbonyl (C=O) groups is 2. The van der Waals surface area contributed by atoms with Crippen LogP contribution >= 0.6 is 0 Å². The fourth-order valence-corrected chi connectivity index (χ4v) is 2.04. The van der Waals surface area contributed by atoms with Crippen LogP contribution in [0, 0.1) is 0 Å². The Morgan fingerprint density at radius 2 is 1.90 bits per heavy atom. The van der Waals surface area contributed by atoms with Gasteiger partial charge in [0.15, 0.2) is 6.10 Å². The van der Waals surface area contributed by atoms with E-state index in [0.717, 1.165) is 0 Å². The van der Waals surface area contributed by atoms with E-state index in [2.05, 4.69) is 0 Å². The molecule has 1 rings (SSSR count). The number of rotatable bonds is 6. The average molecular weight is 297 g/mol. The molecule has 1 N–H and O–H groups in total. The predicted octanol–water partition coefficient (Wildman–Crippen LogP) is 1.81. The highest BCUT2D eigenvalue weighted by molar-refractivity contribution is 5.82. The quantitative estimate of drug-likeness (QED) is 0.812. The number of amides is 1. The number of carbonyl (C=O) groups excluding carboxylic acids is 1. The molecule has 5 nitrogen and oxygen atoms in total. The molecule has 0 bridgehead atoms. The summed E-state index contributed by atoms with van der Waals surface area (Å²) < 4.78 is 42.4. The van der Waals surface area contributed by atoms with Crippen LogP contribution in [0.2, 0.25) is 0 Å². The second kappa shape index (κ2) is 6.92. The first-order valence-corrected chi connectivity index (χ1v) is 6.48. The van der Waals surface area contributed by atoms with Crippen LogP contribution in [0.15, 0.2) is 0 Å². The Bertz CT molecular complexity index is 359. The summed E-state index contributed by atoms with van der Waals surface area (Å²) >= 11 is 0. The lowest BCUT2D eigenvalue weighted by molar-refractivity contribution is -0.170. The maximum Gasteiger partial charge on any atom is 0.406 e. The lowest BCUT2D eigenvalue weighted by atomic mass is 10.1. The second-order valence-corrected chi connectivity index (χ2v) is 4.76. The number of aliphatic carboxylic acids is 1. The van der Waals surface area contributed by atoms with E-state index in [1.807, 2.05) is 6.92 Å². The van der Waals surface area contributed by atoms with E-state index in [9.17, 15) is 22.8 Å². The Hall–Kier alpha value is -1.31. The van der Waals surface area contributed by atoms with Crippen molar-refractivity contribution in [3.05, 3.63) is 0 Å². The predicted molar refractivity (Wildman–Crippen MR) is 63.1 cm³/mol. The minimum absolute atomic E-state index is 0.00750. The van der Waals surface area contributed by atoms with Crippen LogP contribution in [0.25, 0.3) is 0 Å². The average Bonchev–Trinajstić information content (AvgIpc) is 2.81. The highest BCUT2D eigenvalue weighted by atomic mass is 19.4. The van der Waals surface area contributed by atoms with E-state index in [-0.39, 0.29) is 19.4 Å². The zero-order valence-electron chi connectivity index (χ0n) is 11.2. The zero-order valence-corrected chi connectivity index (χ0v) is 11.2. The summed E-state index contributed by atoms with van der Waals surface area (Å²) in [4.78, 5) is 23.4. The van der Waals surface area contributed by atoms with Gasteiger partial charge in [-0.2, -0.15) is 13.2 Å². The van der Waals surface area contributed by atoms with Gasteiger partial charge in [-0.25, -0.2) is 4.79 Å². The summed E-state index contributed by atoms with van der Waals surface area (Å²) in [5.41, 5.74) is 0. The Morgan fingerprint density at radius 1 is 1.30 bits per heavy atom. The van der Waals surface area contributed by atoms with Crippen molar-refractivity contribution in [2.45, 2.75) is 51.0 Å². The number of nitrogens with zero attached hydrogens (tertiary/aromatic N) is 1. The van der Waals surface area contributed by atoms with Crippen LogP contribution in [0.3, 0.4) is 0 Å². The van der Waals surface area contributed by atoms with Crippen molar-refractivity contribution in [3.63, 3.8) is 0 Å². The van der Waals surface area contributed by atoms with E-state index in [1.54, 1.807) is 0 Å². The smallest absolute Gasteiger partial charge is 0.406 e. The first-order valence-electron chi connectivity index (χ1n) is 6.48. The van der Waals surface area contributed by atoms with Crippen molar-refractivity contribution in [2.75, 3.05) is 13.1 Å². The number of carboxylic acid groups (broad SMARTS) is 1. The number of hydrogen-bond acceptors (Lipinski definition) is 3. The lowest BCUT2D eigenvalue weighted by Gasteiger charge is -2.26. The first kappa shape index (κ1) is 16.7. The standard InChI is InChI=1S/C12H18F3NO4/c1-2-3-6-16(7-12(13,14)15)10(17)8-4-5-9(20-8)11(18)19/h8-9H,2-7H2,1H3,(H,18,19)/t8-,9+/m0/s1.